The van der Waals surface area contributed by atoms with E-state index in [0.29, 0.717) is 5.56 Å². The van der Waals surface area contributed by atoms with Gasteiger partial charge in [-0.3, -0.25) is 0 Å². The van der Waals surface area contributed by atoms with E-state index in [1.165, 1.54) is 18.2 Å². The van der Waals surface area contributed by atoms with E-state index in [1.54, 1.807) is 36.4 Å². The van der Waals surface area contributed by atoms with Crippen LogP contribution in [0.4, 0.5) is 0 Å². The van der Waals surface area contributed by atoms with Crippen molar-refractivity contribution >= 4 is 18.1 Å². The Balaban J connectivity index is 1.68. The van der Waals surface area contributed by atoms with Crippen molar-refractivity contribution in [3.05, 3.63) is 53.6 Å². The van der Waals surface area contributed by atoms with Crippen LogP contribution >= 0.6 is 0 Å². The van der Waals surface area contributed by atoms with Gasteiger partial charge in [-0.05, 0) is 35.4 Å². The van der Waals surface area contributed by atoms with Crippen molar-refractivity contribution in [3.8, 4) is 17.2 Å². The summed E-state index contributed by atoms with van der Waals surface area (Å²) in [5.74, 6) is -1.37. The lowest BCUT2D eigenvalue weighted by Crippen LogP contribution is -2.61. The maximum atomic E-state index is 11.1. The molecule has 0 spiro atoms. The van der Waals surface area contributed by atoms with Crippen LogP contribution in [-0.4, -0.2) is 67.3 Å². The molecule has 9 nitrogen and oxygen atoms in total. The first-order valence-corrected chi connectivity index (χ1v) is 8.65. The SMILES string of the molecule is O=C(O)[C@@H]1O[C@H](Oc2ccc(/C=C/c3cc(O)cc(O)c3)cc2)[C@@H](O)[C@H](O)[C@H]1O. The number of phenols is 2. The number of aliphatic carboxylic acids is 1. The van der Waals surface area contributed by atoms with Gasteiger partial charge in [0.2, 0.25) is 6.29 Å². The second-order valence-electron chi connectivity index (χ2n) is 6.54. The van der Waals surface area contributed by atoms with Crippen molar-refractivity contribution in [2.45, 2.75) is 30.7 Å². The number of aromatic hydroxyl groups is 2. The summed E-state index contributed by atoms with van der Waals surface area (Å²) in [7, 11) is 0. The molecule has 1 fully saturated rings. The number of ether oxygens (including phenoxy) is 2. The minimum atomic E-state index is -1.79. The third-order valence-corrected chi connectivity index (χ3v) is 4.34. The summed E-state index contributed by atoms with van der Waals surface area (Å²) in [6.45, 7) is 0. The summed E-state index contributed by atoms with van der Waals surface area (Å²) in [6.07, 6.45) is -4.98. The molecule has 0 saturated carbocycles. The Morgan fingerprint density at radius 1 is 0.862 bits per heavy atom. The molecule has 154 valence electrons. The molecule has 2 aromatic rings. The van der Waals surface area contributed by atoms with Gasteiger partial charge in [-0.25, -0.2) is 4.79 Å². The maximum absolute atomic E-state index is 11.1. The van der Waals surface area contributed by atoms with Crippen molar-refractivity contribution in [3.63, 3.8) is 0 Å². The zero-order valence-electron chi connectivity index (χ0n) is 15.0. The van der Waals surface area contributed by atoms with Crippen LogP contribution in [0.25, 0.3) is 12.2 Å². The first-order chi connectivity index (χ1) is 13.7. The summed E-state index contributed by atoms with van der Waals surface area (Å²) in [5, 5.41) is 57.5. The highest BCUT2D eigenvalue weighted by Gasteiger charge is 2.48. The molecule has 2 aromatic carbocycles. The molecule has 3 rings (SSSR count). The largest absolute Gasteiger partial charge is 0.508 e. The van der Waals surface area contributed by atoms with Crippen LogP contribution in [-0.2, 0) is 9.53 Å². The van der Waals surface area contributed by atoms with Crippen molar-refractivity contribution in [1.29, 1.82) is 0 Å². The minimum absolute atomic E-state index is 0.0635. The highest BCUT2D eigenvalue weighted by atomic mass is 16.7. The average Bonchev–Trinajstić information content (AvgIpc) is 2.67. The third kappa shape index (κ3) is 4.84. The number of aliphatic hydroxyl groups is 3. The average molecular weight is 404 g/mol. The lowest BCUT2D eigenvalue weighted by Gasteiger charge is -2.38. The fourth-order valence-electron chi connectivity index (χ4n) is 2.85. The molecule has 29 heavy (non-hydrogen) atoms. The Bertz CT molecular complexity index is 873. The van der Waals surface area contributed by atoms with Gasteiger partial charge in [-0.2, -0.15) is 0 Å². The number of benzene rings is 2. The number of hydrogen-bond acceptors (Lipinski definition) is 8. The first-order valence-electron chi connectivity index (χ1n) is 8.65. The van der Waals surface area contributed by atoms with Crippen LogP contribution in [0.5, 0.6) is 17.2 Å². The van der Waals surface area contributed by atoms with E-state index in [0.717, 1.165) is 5.56 Å². The van der Waals surface area contributed by atoms with Gasteiger partial charge in [0.05, 0.1) is 0 Å². The van der Waals surface area contributed by atoms with Gasteiger partial charge in [0.25, 0.3) is 0 Å². The van der Waals surface area contributed by atoms with Crippen LogP contribution in [0.15, 0.2) is 42.5 Å². The van der Waals surface area contributed by atoms with E-state index in [9.17, 15) is 30.3 Å². The fourth-order valence-corrected chi connectivity index (χ4v) is 2.85. The lowest BCUT2D eigenvalue weighted by atomic mass is 9.99. The van der Waals surface area contributed by atoms with Gasteiger partial charge in [0, 0.05) is 6.07 Å². The van der Waals surface area contributed by atoms with Crippen LogP contribution in [0, 0.1) is 0 Å². The third-order valence-electron chi connectivity index (χ3n) is 4.34. The quantitative estimate of drug-likeness (QED) is 0.391. The highest BCUT2D eigenvalue weighted by Crippen LogP contribution is 2.26. The van der Waals surface area contributed by atoms with E-state index in [2.05, 4.69) is 0 Å². The molecule has 0 bridgehead atoms. The second kappa shape index (κ2) is 8.50. The Morgan fingerprint density at radius 3 is 2.03 bits per heavy atom. The maximum Gasteiger partial charge on any atom is 0.335 e. The number of carbonyl (C=O) groups is 1. The number of carboxylic acid groups (broad SMARTS) is 1. The van der Waals surface area contributed by atoms with Gasteiger partial charge in [-0.1, -0.05) is 24.3 Å². The number of aliphatic hydroxyl groups excluding tert-OH is 3. The van der Waals surface area contributed by atoms with E-state index < -0.39 is 36.7 Å². The number of rotatable bonds is 5. The van der Waals surface area contributed by atoms with Crippen LogP contribution < -0.4 is 4.74 Å². The Hall–Kier alpha value is -3.11. The standard InChI is InChI=1S/C20H20O9/c21-12-7-11(8-13(22)9-12)2-1-10-3-5-14(6-4-10)28-20-17(25)15(23)16(24)18(29-20)19(26)27/h1-9,15-18,20-25H,(H,26,27)/b2-1+/t15-,16-,17+,18-,20+/m1/s1. The van der Waals surface area contributed by atoms with Gasteiger partial charge < -0.3 is 40.1 Å². The molecular formula is C20H20O9. The molecule has 9 heteroatoms. The smallest absolute Gasteiger partial charge is 0.335 e. The van der Waals surface area contributed by atoms with Crippen LogP contribution in [0.1, 0.15) is 11.1 Å². The summed E-state index contributed by atoms with van der Waals surface area (Å²) in [4.78, 5) is 11.1. The molecule has 5 atom stereocenters. The van der Waals surface area contributed by atoms with Crippen molar-refractivity contribution in [2.75, 3.05) is 0 Å². The molecule has 0 aromatic heterocycles. The highest BCUT2D eigenvalue weighted by molar-refractivity contribution is 5.73. The monoisotopic (exact) mass is 404 g/mol. The fraction of sp³-hybridized carbons (Fsp3) is 0.250. The summed E-state index contributed by atoms with van der Waals surface area (Å²) in [6, 6.07) is 10.6. The molecule has 1 heterocycles. The molecule has 6 N–H and O–H groups in total. The van der Waals surface area contributed by atoms with E-state index >= 15 is 0 Å². The second-order valence-corrected chi connectivity index (χ2v) is 6.54. The zero-order chi connectivity index (χ0) is 21.1. The molecule has 1 aliphatic heterocycles. The van der Waals surface area contributed by atoms with E-state index in [4.69, 9.17) is 14.6 Å². The number of carboxylic acids is 1. The Morgan fingerprint density at radius 2 is 1.45 bits per heavy atom. The zero-order valence-corrected chi connectivity index (χ0v) is 15.0. The van der Waals surface area contributed by atoms with Crippen molar-refractivity contribution in [1.82, 2.24) is 0 Å². The predicted octanol–water partition coefficient (Wildman–Crippen LogP) is 0.539. The van der Waals surface area contributed by atoms with Crippen molar-refractivity contribution in [2.24, 2.45) is 0 Å². The molecule has 0 amide bonds. The lowest BCUT2D eigenvalue weighted by molar-refractivity contribution is -0.271. The minimum Gasteiger partial charge on any atom is -0.508 e. The summed E-state index contributed by atoms with van der Waals surface area (Å²) in [5.41, 5.74) is 1.35. The number of phenolic OH excluding ortho intramolecular Hbond substituents is 2. The normalized spacial score (nSPS) is 27.1. The van der Waals surface area contributed by atoms with Crippen molar-refractivity contribution < 1.29 is 44.9 Å². The molecule has 0 unspecified atom stereocenters. The van der Waals surface area contributed by atoms with Crippen LogP contribution in [0.2, 0.25) is 0 Å². The molecule has 1 saturated heterocycles. The first kappa shape index (κ1) is 20.6. The topological polar surface area (TPSA) is 157 Å². The Kier molecular flexibility index (Phi) is 6.04. The van der Waals surface area contributed by atoms with E-state index in [-0.39, 0.29) is 17.2 Å². The predicted molar refractivity (Wildman–Crippen MR) is 100 cm³/mol. The summed E-state index contributed by atoms with van der Waals surface area (Å²) < 4.78 is 10.5. The Labute approximate surface area is 165 Å². The van der Waals surface area contributed by atoms with E-state index in [1.807, 2.05) is 0 Å². The van der Waals surface area contributed by atoms with Gasteiger partial charge in [-0.15, -0.1) is 0 Å². The molecule has 0 aliphatic carbocycles. The summed E-state index contributed by atoms with van der Waals surface area (Å²) >= 11 is 0. The number of hydrogen-bond donors (Lipinski definition) is 6. The molecule has 1 aliphatic rings. The molecular weight excluding hydrogens is 384 g/mol. The van der Waals surface area contributed by atoms with Gasteiger partial charge in [0.15, 0.2) is 6.10 Å². The van der Waals surface area contributed by atoms with Gasteiger partial charge >= 0.3 is 5.97 Å². The molecule has 0 radical (unpaired) electrons. The van der Waals surface area contributed by atoms with Gasteiger partial charge in [0.1, 0.15) is 35.6 Å². The van der Waals surface area contributed by atoms with Crippen LogP contribution in [0.3, 0.4) is 0 Å².